The molecule has 0 saturated carbocycles. The Bertz CT molecular complexity index is 591. The number of unbranched alkanes of at least 4 members (excludes halogenated alkanes) is 2. The highest BCUT2D eigenvalue weighted by Gasteiger charge is 2.34. The zero-order valence-corrected chi connectivity index (χ0v) is 16.6. The predicted octanol–water partition coefficient (Wildman–Crippen LogP) is 5.79. The van der Waals surface area contributed by atoms with Gasteiger partial charge in [0.15, 0.2) is 23.8 Å². The first-order valence-electron chi connectivity index (χ1n) is 10.1. The van der Waals surface area contributed by atoms with Crippen LogP contribution in [-0.2, 0) is 4.74 Å². The zero-order valence-electron chi connectivity index (χ0n) is 16.6. The summed E-state index contributed by atoms with van der Waals surface area (Å²) in [5, 5.41) is 0. The summed E-state index contributed by atoms with van der Waals surface area (Å²) in [7, 11) is 0. The van der Waals surface area contributed by atoms with Crippen LogP contribution in [0.2, 0.25) is 0 Å². The van der Waals surface area contributed by atoms with Crippen molar-refractivity contribution in [3.05, 3.63) is 23.8 Å². The van der Waals surface area contributed by atoms with Gasteiger partial charge in [-0.05, 0) is 44.2 Å². The SMILES string of the molecule is CCCCCC1CCC(C(F)C(F)COc2ccc(OCC)c(F)c2F)OC1. The Hall–Kier alpha value is -1.50. The maximum atomic E-state index is 14.4. The highest BCUT2D eigenvalue weighted by Crippen LogP contribution is 2.30. The Morgan fingerprint density at radius 2 is 1.71 bits per heavy atom. The summed E-state index contributed by atoms with van der Waals surface area (Å²) in [6.07, 6.45) is 1.04. The van der Waals surface area contributed by atoms with Crippen LogP contribution in [0, 0.1) is 17.6 Å². The van der Waals surface area contributed by atoms with Gasteiger partial charge in [-0.2, -0.15) is 8.78 Å². The second-order valence-corrected chi connectivity index (χ2v) is 7.21. The van der Waals surface area contributed by atoms with E-state index in [9.17, 15) is 17.6 Å². The molecule has 0 radical (unpaired) electrons. The lowest BCUT2D eigenvalue weighted by atomic mass is 9.91. The lowest BCUT2D eigenvalue weighted by Crippen LogP contribution is -2.40. The lowest BCUT2D eigenvalue weighted by Gasteiger charge is -2.32. The van der Waals surface area contributed by atoms with Crippen molar-refractivity contribution in [2.24, 2.45) is 5.92 Å². The van der Waals surface area contributed by atoms with E-state index in [4.69, 9.17) is 14.2 Å². The number of benzene rings is 1. The van der Waals surface area contributed by atoms with Crippen LogP contribution in [0.15, 0.2) is 12.1 Å². The van der Waals surface area contributed by atoms with E-state index in [1.54, 1.807) is 6.92 Å². The van der Waals surface area contributed by atoms with E-state index in [1.165, 1.54) is 6.07 Å². The average molecular weight is 406 g/mol. The molecule has 160 valence electrons. The maximum absolute atomic E-state index is 14.4. The van der Waals surface area contributed by atoms with Crippen molar-refractivity contribution >= 4 is 0 Å². The van der Waals surface area contributed by atoms with Crippen molar-refractivity contribution in [1.29, 1.82) is 0 Å². The topological polar surface area (TPSA) is 27.7 Å². The van der Waals surface area contributed by atoms with Crippen molar-refractivity contribution in [1.82, 2.24) is 0 Å². The van der Waals surface area contributed by atoms with E-state index >= 15 is 0 Å². The van der Waals surface area contributed by atoms with Gasteiger partial charge in [0, 0.05) is 6.61 Å². The van der Waals surface area contributed by atoms with Gasteiger partial charge in [0.05, 0.1) is 12.7 Å². The van der Waals surface area contributed by atoms with Crippen molar-refractivity contribution in [3.8, 4) is 11.5 Å². The summed E-state index contributed by atoms with van der Waals surface area (Å²) in [5.74, 6) is -2.83. The molecule has 1 aromatic rings. The van der Waals surface area contributed by atoms with Crippen molar-refractivity contribution < 1.29 is 31.8 Å². The number of ether oxygens (including phenoxy) is 3. The van der Waals surface area contributed by atoms with E-state index in [0.29, 0.717) is 18.9 Å². The van der Waals surface area contributed by atoms with Crippen LogP contribution in [0.1, 0.15) is 52.4 Å². The molecule has 1 aliphatic heterocycles. The fourth-order valence-electron chi connectivity index (χ4n) is 3.37. The van der Waals surface area contributed by atoms with Crippen LogP contribution in [0.25, 0.3) is 0 Å². The molecule has 0 bridgehead atoms. The molecule has 4 atom stereocenters. The summed E-state index contributed by atoms with van der Waals surface area (Å²) in [4.78, 5) is 0. The third-order valence-electron chi connectivity index (χ3n) is 5.03. The first-order chi connectivity index (χ1) is 13.5. The van der Waals surface area contributed by atoms with E-state index < -0.39 is 42.4 Å². The van der Waals surface area contributed by atoms with Crippen LogP contribution >= 0.6 is 0 Å². The van der Waals surface area contributed by atoms with Gasteiger partial charge in [0.25, 0.3) is 0 Å². The molecule has 3 nitrogen and oxygen atoms in total. The summed E-state index contributed by atoms with van der Waals surface area (Å²) >= 11 is 0. The third kappa shape index (κ3) is 6.26. The van der Waals surface area contributed by atoms with Crippen molar-refractivity contribution in [2.75, 3.05) is 19.8 Å². The number of hydrogen-bond donors (Lipinski definition) is 0. The molecular formula is C21H30F4O3. The monoisotopic (exact) mass is 406 g/mol. The average Bonchev–Trinajstić information content (AvgIpc) is 2.71. The molecule has 1 saturated heterocycles. The largest absolute Gasteiger partial charge is 0.491 e. The van der Waals surface area contributed by atoms with Crippen LogP contribution < -0.4 is 9.47 Å². The van der Waals surface area contributed by atoms with Crippen LogP contribution in [0.3, 0.4) is 0 Å². The Morgan fingerprint density at radius 3 is 2.29 bits per heavy atom. The molecule has 1 aromatic carbocycles. The molecule has 28 heavy (non-hydrogen) atoms. The van der Waals surface area contributed by atoms with Gasteiger partial charge in [-0.1, -0.05) is 26.2 Å². The van der Waals surface area contributed by atoms with E-state index in [2.05, 4.69) is 6.92 Å². The summed E-state index contributed by atoms with van der Waals surface area (Å²) < 4.78 is 71.8. The molecular weight excluding hydrogens is 376 g/mol. The molecule has 1 fully saturated rings. The minimum absolute atomic E-state index is 0.174. The fourth-order valence-corrected chi connectivity index (χ4v) is 3.37. The quantitative estimate of drug-likeness (QED) is 0.344. The van der Waals surface area contributed by atoms with E-state index in [1.807, 2.05) is 0 Å². The second kappa shape index (κ2) is 11.5. The molecule has 4 unspecified atom stereocenters. The fraction of sp³-hybridized carbons (Fsp3) is 0.714. The highest BCUT2D eigenvalue weighted by molar-refractivity contribution is 5.35. The maximum Gasteiger partial charge on any atom is 0.204 e. The minimum Gasteiger partial charge on any atom is -0.491 e. The van der Waals surface area contributed by atoms with Gasteiger partial charge in [-0.3, -0.25) is 0 Å². The van der Waals surface area contributed by atoms with Gasteiger partial charge in [0.2, 0.25) is 11.6 Å². The predicted molar refractivity (Wildman–Crippen MR) is 99.4 cm³/mol. The summed E-state index contributed by atoms with van der Waals surface area (Å²) in [5.41, 5.74) is 0. The van der Waals surface area contributed by atoms with Gasteiger partial charge in [0.1, 0.15) is 6.61 Å². The normalized spacial score (nSPS) is 21.9. The smallest absolute Gasteiger partial charge is 0.204 e. The Morgan fingerprint density at radius 1 is 1.04 bits per heavy atom. The molecule has 0 aromatic heterocycles. The lowest BCUT2D eigenvalue weighted by molar-refractivity contribution is -0.0813. The standard InChI is InChI=1S/C21H30F4O3/c1-3-5-6-7-14-8-9-16(27-12-14)19(23)15(22)13-28-18-11-10-17(26-4-2)20(24)21(18)25/h10-11,14-16,19H,3-9,12-13H2,1-2H3. The van der Waals surface area contributed by atoms with Gasteiger partial charge < -0.3 is 14.2 Å². The van der Waals surface area contributed by atoms with Crippen LogP contribution in [-0.4, -0.2) is 38.3 Å². The molecule has 2 rings (SSSR count). The van der Waals surface area contributed by atoms with Crippen molar-refractivity contribution in [3.63, 3.8) is 0 Å². The first-order valence-corrected chi connectivity index (χ1v) is 10.1. The Labute approximate surface area is 164 Å². The van der Waals surface area contributed by atoms with Crippen LogP contribution in [0.5, 0.6) is 11.5 Å². The molecule has 7 heteroatoms. The van der Waals surface area contributed by atoms with Gasteiger partial charge in [-0.15, -0.1) is 0 Å². The Kier molecular flexibility index (Phi) is 9.35. The zero-order chi connectivity index (χ0) is 20.5. The number of hydrogen-bond acceptors (Lipinski definition) is 3. The molecule has 0 aliphatic carbocycles. The highest BCUT2D eigenvalue weighted by atomic mass is 19.2. The number of halogens is 4. The van der Waals surface area contributed by atoms with E-state index in [0.717, 1.165) is 38.2 Å². The van der Waals surface area contributed by atoms with Crippen LogP contribution in [0.4, 0.5) is 17.6 Å². The van der Waals surface area contributed by atoms with Gasteiger partial charge >= 0.3 is 0 Å². The molecule has 0 spiro atoms. The van der Waals surface area contributed by atoms with E-state index in [-0.39, 0.29) is 12.4 Å². The Balaban J connectivity index is 1.80. The number of alkyl halides is 2. The summed E-state index contributed by atoms with van der Waals surface area (Å²) in [6.45, 7) is 3.66. The molecule has 1 aliphatic rings. The first kappa shape index (κ1) is 22.8. The molecule has 1 heterocycles. The van der Waals surface area contributed by atoms with Crippen molar-refractivity contribution in [2.45, 2.75) is 70.8 Å². The molecule has 0 N–H and O–H groups in total. The second-order valence-electron chi connectivity index (χ2n) is 7.21. The van der Waals surface area contributed by atoms with Gasteiger partial charge in [-0.25, -0.2) is 8.78 Å². The summed E-state index contributed by atoms with van der Waals surface area (Å²) in [6, 6.07) is 2.34. The minimum atomic E-state index is -1.99. The number of rotatable bonds is 11. The molecule has 0 amide bonds. The third-order valence-corrected chi connectivity index (χ3v) is 5.03.